The second-order valence-corrected chi connectivity index (χ2v) is 4.83. The van der Waals surface area contributed by atoms with Crippen LogP contribution in [0.5, 0.6) is 0 Å². The molecule has 1 nitrogen and oxygen atoms in total. The number of benzene rings is 1. The van der Waals surface area contributed by atoms with Crippen LogP contribution in [0.4, 0.5) is 8.78 Å². The number of nitrogens with two attached hydrogens (primary N) is 1. The van der Waals surface area contributed by atoms with Crippen molar-refractivity contribution in [3.05, 3.63) is 34.4 Å². The fourth-order valence-corrected chi connectivity index (χ4v) is 1.81. The number of rotatable bonds is 2. The highest BCUT2D eigenvalue weighted by Crippen LogP contribution is 2.53. The van der Waals surface area contributed by atoms with Crippen molar-refractivity contribution in [2.24, 2.45) is 11.1 Å². The molecule has 2 rings (SSSR count). The molecule has 15 heavy (non-hydrogen) atoms. The average Bonchev–Trinajstić information content (AvgIpc) is 2.90. The highest BCUT2D eigenvalue weighted by molar-refractivity contribution is 6.30. The van der Waals surface area contributed by atoms with E-state index in [4.69, 9.17) is 17.3 Å². The molecule has 0 radical (unpaired) electrons. The molecule has 4 heteroatoms. The molecule has 1 aliphatic rings. The summed E-state index contributed by atoms with van der Waals surface area (Å²) in [6.07, 6.45) is 1.91. The lowest BCUT2D eigenvalue weighted by molar-refractivity contribution is 0.429. The van der Waals surface area contributed by atoms with Gasteiger partial charge in [0, 0.05) is 11.6 Å². The Morgan fingerprint density at radius 3 is 2.47 bits per heavy atom. The Balaban J connectivity index is 2.39. The molecule has 1 aliphatic carbocycles. The fraction of sp³-hybridized carbons (Fsp3) is 0.455. The first-order valence-corrected chi connectivity index (χ1v) is 5.22. The summed E-state index contributed by atoms with van der Waals surface area (Å²) >= 11 is 5.46. The number of hydrogen-bond acceptors (Lipinski definition) is 1. The van der Waals surface area contributed by atoms with Crippen LogP contribution in [-0.2, 0) is 0 Å². The Labute approximate surface area is 92.2 Å². The van der Waals surface area contributed by atoms with Crippen molar-refractivity contribution in [3.63, 3.8) is 0 Å². The summed E-state index contributed by atoms with van der Waals surface area (Å²) in [6, 6.07) is 1.63. The molecule has 1 aromatic carbocycles. The first-order chi connectivity index (χ1) is 6.94. The van der Waals surface area contributed by atoms with E-state index in [0.29, 0.717) is 0 Å². The van der Waals surface area contributed by atoms with Crippen LogP contribution in [0.1, 0.15) is 31.4 Å². The molecule has 0 saturated heterocycles. The van der Waals surface area contributed by atoms with Gasteiger partial charge >= 0.3 is 0 Å². The van der Waals surface area contributed by atoms with E-state index < -0.39 is 17.7 Å². The zero-order chi connectivity index (χ0) is 11.2. The van der Waals surface area contributed by atoms with Crippen molar-refractivity contribution < 1.29 is 8.78 Å². The van der Waals surface area contributed by atoms with Crippen molar-refractivity contribution in [1.82, 2.24) is 0 Å². The van der Waals surface area contributed by atoms with Crippen molar-refractivity contribution in [2.75, 3.05) is 0 Å². The predicted molar refractivity (Wildman–Crippen MR) is 55.6 cm³/mol. The molecular formula is C11H12ClF2N. The molecule has 2 N–H and O–H groups in total. The number of halogens is 3. The van der Waals surface area contributed by atoms with Crippen molar-refractivity contribution in [1.29, 1.82) is 0 Å². The van der Waals surface area contributed by atoms with E-state index in [2.05, 4.69) is 0 Å². The topological polar surface area (TPSA) is 26.0 Å². The van der Waals surface area contributed by atoms with E-state index in [9.17, 15) is 8.78 Å². The Morgan fingerprint density at radius 1 is 1.33 bits per heavy atom. The molecule has 82 valence electrons. The summed E-state index contributed by atoms with van der Waals surface area (Å²) in [5, 5.41) is -0.204. The number of hydrogen-bond donors (Lipinski definition) is 1. The molecule has 0 amide bonds. The first-order valence-electron chi connectivity index (χ1n) is 4.84. The van der Waals surface area contributed by atoms with E-state index in [-0.39, 0.29) is 16.0 Å². The molecular weight excluding hydrogens is 220 g/mol. The van der Waals surface area contributed by atoms with Crippen LogP contribution in [0.3, 0.4) is 0 Å². The van der Waals surface area contributed by atoms with Crippen LogP contribution in [0.15, 0.2) is 12.1 Å². The lowest BCUT2D eigenvalue weighted by Crippen LogP contribution is -2.21. The summed E-state index contributed by atoms with van der Waals surface area (Å²) in [5.74, 6) is -1.14. The summed E-state index contributed by atoms with van der Waals surface area (Å²) in [5.41, 5.74) is 6.04. The Morgan fingerprint density at radius 2 is 1.93 bits per heavy atom. The Kier molecular flexibility index (Phi) is 2.47. The van der Waals surface area contributed by atoms with Gasteiger partial charge in [0.2, 0.25) is 0 Å². The van der Waals surface area contributed by atoms with Crippen molar-refractivity contribution in [3.8, 4) is 0 Å². The highest BCUT2D eigenvalue weighted by Gasteiger charge is 2.44. The Bertz CT molecular complexity index is 402. The van der Waals surface area contributed by atoms with Gasteiger partial charge in [0.15, 0.2) is 0 Å². The smallest absolute Gasteiger partial charge is 0.142 e. The third-order valence-corrected chi connectivity index (χ3v) is 3.45. The zero-order valence-corrected chi connectivity index (χ0v) is 9.11. The van der Waals surface area contributed by atoms with E-state index in [0.717, 1.165) is 25.0 Å². The molecule has 1 saturated carbocycles. The van der Waals surface area contributed by atoms with Crippen LogP contribution in [0.25, 0.3) is 0 Å². The Hall–Kier alpha value is -0.670. The summed E-state index contributed by atoms with van der Waals surface area (Å²) < 4.78 is 26.7. The minimum absolute atomic E-state index is 0.0822. The molecule has 1 fully saturated rings. The van der Waals surface area contributed by atoms with E-state index >= 15 is 0 Å². The molecule has 1 atom stereocenters. The maximum atomic E-state index is 13.5. The third kappa shape index (κ3) is 1.86. The van der Waals surface area contributed by atoms with Crippen LogP contribution >= 0.6 is 11.6 Å². The second kappa shape index (κ2) is 3.42. The highest BCUT2D eigenvalue weighted by atomic mass is 35.5. The maximum Gasteiger partial charge on any atom is 0.142 e. The molecule has 0 heterocycles. The molecule has 0 bridgehead atoms. The molecule has 0 aromatic heterocycles. The average molecular weight is 232 g/mol. The molecule has 0 aliphatic heterocycles. The second-order valence-electron chi connectivity index (χ2n) is 4.42. The van der Waals surface area contributed by atoms with Gasteiger partial charge in [0.05, 0.1) is 5.02 Å². The van der Waals surface area contributed by atoms with Gasteiger partial charge in [-0.05, 0) is 30.4 Å². The van der Waals surface area contributed by atoms with Gasteiger partial charge in [-0.1, -0.05) is 18.5 Å². The monoisotopic (exact) mass is 231 g/mol. The minimum atomic E-state index is -0.618. The van der Waals surface area contributed by atoms with Gasteiger partial charge in [-0.15, -0.1) is 0 Å². The van der Waals surface area contributed by atoms with Crippen molar-refractivity contribution >= 4 is 11.6 Å². The van der Waals surface area contributed by atoms with E-state index in [1.54, 1.807) is 0 Å². The van der Waals surface area contributed by atoms with Crippen molar-refractivity contribution in [2.45, 2.75) is 25.8 Å². The van der Waals surface area contributed by atoms with Crippen LogP contribution in [-0.4, -0.2) is 0 Å². The summed E-state index contributed by atoms with van der Waals surface area (Å²) in [6.45, 7) is 1.98. The lowest BCUT2D eigenvalue weighted by atomic mass is 9.92. The maximum absolute atomic E-state index is 13.5. The van der Waals surface area contributed by atoms with Crippen LogP contribution < -0.4 is 5.73 Å². The zero-order valence-electron chi connectivity index (χ0n) is 8.36. The third-order valence-electron chi connectivity index (χ3n) is 3.16. The van der Waals surface area contributed by atoms with Crippen LogP contribution in [0, 0.1) is 17.0 Å². The van der Waals surface area contributed by atoms with Crippen LogP contribution in [0.2, 0.25) is 5.02 Å². The van der Waals surface area contributed by atoms with Gasteiger partial charge in [-0.3, -0.25) is 0 Å². The van der Waals surface area contributed by atoms with Gasteiger partial charge in [-0.2, -0.15) is 0 Å². The first kappa shape index (κ1) is 10.8. The standard InChI is InChI=1S/C11H12ClF2N/c1-11(2-3-11)10(15)6-4-9(14)7(12)5-8(6)13/h4-5,10H,2-3,15H2,1H3/t10-/m0/s1. The largest absolute Gasteiger partial charge is 0.323 e. The normalized spacial score (nSPS) is 20.1. The summed E-state index contributed by atoms with van der Waals surface area (Å²) in [7, 11) is 0. The van der Waals surface area contributed by atoms with E-state index in [1.165, 1.54) is 0 Å². The van der Waals surface area contributed by atoms with Gasteiger partial charge in [0.1, 0.15) is 11.6 Å². The quantitative estimate of drug-likeness (QED) is 0.776. The molecule has 0 spiro atoms. The van der Waals surface area contributed by atoms with Gasteiger partial charge < -0.3 is 5.73 Å². The minimum Gasteiger partial charge on any atom is -0.323 e. The summed E-state index contributed by atoms with van der Waals surface area (Å²) in [4.78, 5) is 0. The molecule has 1 aromatic rings. The van der Waals surface area contributed by atoms with Gasteiger partial charge in [-0.25, -0.2) is 8.78 Å². The fourth-order valence-electron chi connectivity index (χ4n) is 1.66. The predicted octanol–water partition coefficient (Wildman–Crippen LogP) is 3.42. The lowest BCUT2D eigenvalue weighted by Gasteiger charge is -2.19. The SMILES string of the molecule is CC1([C@@H](N)c2cc(F)c(Cl)cc2F)CC1. The molecule has 0 unspecified atom stereocenters. The van der Waals surface area contributed by atoms with Gasteiger partial charge in [0.25, 0.3) is 0 Å². The van der Waals surface area contributed by atoms with E-state index in [1.807, 2.05) is 6.92 Å².